The van der Waals surface area contributed by atoms with Crippen LogP contribution < -0.4 is 23.8 Å². The van der Waals surface area contributed by atoms with Crippen LogP contribution in [0.3, 0.4) is 0 Å². The van der Waals surface area contributed by atoms with Gasteiger partial charge < -0.3 is 23.8 Å². The highest BCUT2D eigenvalue weighted by molar-refractivity contribution is 6.02. The molecule has 35 heavy (non-hydrogen) atoms. The summed E-state index contributed by atoms with van der Waals surface area (Å²) < 4.78 is 22.1. The quantitative estimate of drug-likeness (QED) is 0.325. The number of urea groups is 1. The molecule has 7 nitrogen and oxygen atoms in total. The van der Waals surface area contributed by atoms with Gasteiger partial charge in [0.2, 0.25) is 0 Å². The lowest BCUT2D eigenvalue weighted by molar-refractivity contribution is 0.203. The topological polar surface area (TPSA) is 60.5 Å². The Morgan fingerprint density at radius 2 is 1.29 bits per heavy atom. The van der Waals surface area contributed by atoms with Crippen molar-refractivity contribution in [1.29, 1.82) is 0 Å². The van der Waals surface area contributed by atoms with Crippen LogP contribution in [0.5, 0.6) is 23.0 Å². The van der Waals surface area contributed by atoms with Crippen LogP contribution in [-0.2, 0) is 6.54 Å². The Labute approximate surface area is 207 Å². The molecule has 0 heterocycles. The number of unbranched alkanes of at least 4 members (excludes halogenated alkanes) is 1. The molecule has 7 heteroatoms. The van der Waals surface area contributed by atoms with Crippen LogP contribution in [0.15, 0.2) is 66.7 Å². The van der Waals surface area contributed by atoms with E-state index in [0.29, 0.717) is 47.5 Å². The number of amides is 2. The molecule has 0 saturated carbocycles. The summed E-state index contributed by atoms with van der Waals surface area (Å²) in [7, 11) is 6.34. The summed E-state index contributed by atoms with van der Waals surface area (Å²) in [6, 6.07) is 20.6. The highest BCUT2D eigenvalue weighted by Gasteiger charge is 2.29. The van der Waals surface area contributed by atoms with Gasteiger partial charge in [-0.2, -0.15) is 0 Å². The van der Waals surface area contributed by atoms with Crippen LogP contribution in [0, 0.1) is 0 Å². The number of carbonyl (C=O) groups excluding carboxylic acids is 1. The fourth-order valence-corrected chi connectivity index (χ4v) is 3.81. The summed E-state index contributed by atoms with van der Waals surface area (Å²) in [6.07, 6.45) is 1.85. The molecule has 3 aromatic carbocycles. The Morgan fingerprint density at radius 1 is 0.743 bits per heavy atom. The zero-order valence-corrected chi connectivity index (χ0v) is 21.1. The number of benzene rings is 3. The molecule has 3 rings (SSSR count). The second kappa shape index (κ2) is 12.6. The van der Waals surface area contributed by atoms with Gasteiger partial charge in [0, 0.05) is 25.2 Å². The summed E-state index contributed by atoms with van der Waals surface area (Å²) in [4.78, 5) is 17.8. The maximum Gasteiger partial charge on any atom is 0.329 e. The van der Waals surface area contributed by atoms with Gasteiger partial charge in [0.25, 0.3) is 0 Å². The Morgan fingerprint density at radius 3 is 1.74 bits per heavy atom. The third-order valence-electron chi connectivity index (χ3n) is 5.72. The summed E-state index contributed by atoms with van der Waals surface area (Å²) >= 11 is 0. The van der Waals surface area contributed by atoms with Crippen molar-refractivity contribution in [3.05, 3.63) is 72.3 Å². The van der Waals surface area contributed by atoms with E-state index >= 15 is 0 Å². The van der Waals surface area contributed by atoms with Crippen molar-refractivity contribution in [1.82, 2.24) is 4.90 Å². The molecule has 0 radical (unpaired) electrons. The Kier molecular flexibility index (Phi) is 9.23. The molecule has 0 fully saturated rings. The number of rotatable bonds is 11. The normalized spacial score (nSPS) is 10.4. The molecular formula is C28H34N2O5. The van der Waals surface area contributed by atoms with Crippen molar-refractivity contribution < 1.29 is 23.7 Å². The molecule has 3 aromatic rings. The van der Waals surface area contributed by atoms with E-state index in [4.69, 9.17) is 18.9 Å². The van der Waals surface area contributed by atoms with Crippen molar-refractivity contribution in [2.75, 3.05) is 39.9 Å². The van der Waals surface area contributed by atoms with Crippen molar-refractivity contribution in [3.63, 3.8) is 0 Å². The molecule has 0 atom stereocenters. The molecule has 0 aliphatic carbocycles. The van der Waals surface area contributed by atoms with Gasteiger partial charge in [0.1, 0.15) is 23.0 Å². The lowest BCUT2D eigenvalue weighted by atomic mass is 10.1. The van der Waals surface area contributed by atoms with E-state index in [1.165, 1.54) is 0 Å². The van der Waals surface area contributed by atoms with Gasteiger partial charge in [-0.05, 0) is 36.2 Å². The smallest absolute Gasteiger partial charge is 0.329 e. The lowest BCUT2D eigenvalue weighted by Gasteiger charge is -2.32. The average molecular weight is 479 g/mol. The minimum absolute atomic E-state index is 0.186. The minimum atomic E-state index is -0.186. The predicted molar refractivity (Wildman–Crippen MR) is 138 cm³/mol. The van der Waals surface area contributed by atoms with Gasteiger partial charge in [-0.3, -0.25) is 4.90 Å². The second-order valence-electron chi connectivity index (χ2n) is 7.95. The fraction of sp³-hybridized carbons (Fsp3) is 0.321. The third-order valence-corrected chi connectivity index (χ3v) is 5.72. The van der Waals surface area contributed by atoms with E-state index in [9.17, 15) is 4.79 Å². The molecule has 2 amide bonds. The number of carbonyl (C=O) groups is 1. The van der Waals surface area contributed by atoms with Gasteiger partial charge in [0.05, 0.1) is 39.8 Å². The first-order valence-electron chi connectivity index (χ1n) is 11.6. The van der Waals surface area contributed by atoms with Crippen LogP contribution in [0.1, 0.15) is 25.3 Å². The first-order chi connectivity index (χ1) is 17.1. The molecule has 0 bridgehead atoms. The van der Waals surface area contributed by atoms with Gasteiger partial charge >= 0.3 is 6.03 Å². The molecule has 0 N–H and O–H groups in total. The third kappa shape index (κ3) is 6.18. The van der Waals surface area contributed by atoms with E-state index < -0.39 is 0 Å². The number of hydrogen-bond acceptors (Lipinski definition) is 5. The van der Waals surface area contributed by atoms with Crippen molar-refractivity contribution in [2.45, 2.75) is 26.3 Å². The monoisotopic (exact) mass is 478 g/mol. The standard InChI is InChI=1S/C28H34N2O5/c1-6-7-17-29(20-21-11-9-8-10-12-21)28(31)30(24-15-13-22(32-2)18-26(24)34-4)25-16-14-23(33-3)19-27(25)35-5/h8-16,18-19H,6-7,17,20H2,1-5H3. The summed E-state index contributed by atoms with van der Waals surface area (Å²) in [5, 5.41) is 0. The average Bonchev–Trinajstić information content (AvgIpc) is 2.91. The number of hydrogen-bond donors (Lipinski definition) is 0. The van der Waals surface area contributed by atoms with Gasteiger partial charge in [0.15, 0.2) is 0 Å². The second-order valence-corrected chi connectivity index (χ2v) is 7.95. The molecule has 0 unspecified atom stereocenters. The molecule has 0 spiro atoms. The fourth-order valence-electron chi connectivity index (χ4n) is 3.81. The van der Waals surface area contributed by atoms with Crippen molar-refractivity contribution in [3.8, 4) is 23.0 Å². The summed E-state index contributed by atoms with van der Waals surface area (Å²) in [5.41, 5.74) is 2.22. The van der Waals surface area contributed by atoms with Crippen LogP contribution in [0.25, 0.3) is 0 Å². The van der Waals surface area contributed by atoms with Crippen LogP contribution in [0.2, 0.25) is 0 Å². The molecular weight excluding hydrogens is 444 g/mol. The van der Waals surface area contributed by atoms with E-state index in [1.54, 1.807) is 45.5 Å². The molecule has 0 aliphatic heterocycles. The SMILES string of the molecule is CCCCN(Cc1ccccc1)C(=O)N(c1ccc(OC)cc1OC)c1ccc(OC)cc1OC. The zero-order valence-electron chi connectivity index (χ0n) is 21.1. The Balaban J connectivity index is 2.15. The first-order valence-corrected chi connectivity index (χ1v) is 11.6. The largest absolute Gasteiger partial charge is 0.497 e. The zero-order chi connectivity index (χ0) is 25.2. The molecule has 0 aromatic heterocycles. The molecule has 0 aliphatic rings. The summed E-state index contributed by atoms with van der Waals surface area (Å²) in [6.45, 7) is 3.20. The van der Waals surface area contributed by atoms with Crippen LogP contribution in [0.4, 0.5) is 16.2 Å². The van der Waals surface area contributed by atoms with Gasteiger partial charge in [-0.25, -0.2) is 4.79 Å². The van der Waals surface area contributed by atoms with Crippen molar-refractivity contribution in [2.24, 2.45) is 0 Å². The summed E-state index contributed by atoms with van der Waals surface area (Å²) in [5.74, 6) is 2.27. The number of anilines is 2. The van der Waals surface area contributed by atoms with Gasteiger partial charge in [-0.15, -0.1) is 0 Å². The lowest BCUT2D eigenvalue weighted by Crippen LogP contribution is -2.41. The Bertz CT molecular complexity index is 1050. The minimum Gasteiger partial charge on any atom is -0.497 e. The number of methoxy groups -OCH3 is 4. The highest BCUT2D eigenvalue weighted by Crippen LogP contribution is 2.42. The predicted octanol–water partition coefficient (Wildman–Crippen LogP) is 6.28. The van der Waals surface area contributed by atoms with Gasteiger partial charge in [-0.1, -0.05) is 43.7 Å². The maximum atomic E-state index is 14.3. The van der Waals surface area contributed by atoms with E-state index in [2.05, 4.69) is 6.92 Å². The van der Waals surface area contributed by atoms with Crippen LogP contribution >= 0.6 is 0 Å². The van der Waals surface area contributed by atoms with Crippen LogP contribution in [-0.4, -0.2) is 45.9 Å². The molecule has 186 valence electrons. The van der Waals surface area contributed by atoms with Crippen molar-refractivity contribution >= 4 is 17.4 Å². The number of ether oxygens (including phenoxy) is 4. The van der Waals surface area contributed by atoms with E-state index in [1.807, 2.05) is 59.5 Å². The van der Waals surface area contributed by atoms with E-state index in [-0.39, 0.29) is 6.03 Å². The number of nitrogens with zero attached hydrogens (tertiary/aromatic N) is 2. The van der Waals surface area contributed by atoms with E-state index in [0.717, 1.165) is 18.4 Å². The highest BCUT2D eigenvalue weighted by atomic mass is 16.5. The Hall–Kier alpha value is -3.87. The first kappa shape index (κ1) is 25.7. The molecule has 0 saturated heterocycles. The maximum absolute atomic E-state index is 14.3.